The van der Waals surface area contributed by atoms with Crippen molar-refractivity contribution in [1.82, 2.24) is 14.9 Å². The van der Waals surface area contributed by atoms with Crippen LogP contribution in [0.4, 0.5) is 0 Å². The topological polar surface area (TPSA) is 105 Å². The molecule has 2 rings (SSSR count). The standard InChI is InChI=1S/C20H31N3O5S/c1-15-7-9-17(10-8-15)29(26,27)21-12-19(25)23(13-16-6-5-11-28-16)14-18(24)22-20(2,3)4/h7-10,16,21H,5-6,11-14H2,1-4H3,(H,22,24)/t16-/m1/s1. The van der Waals surface area contributed by atoms with Gasteiger partial charge in [0.15, 0.2) is 0 Å². The van der Waals surface area contributed by atoms with Crippen molar-refractivity contribution in [3.8, 4) is 0 Å². The molecule has 1 aliphatic rings. The Morgan fingerprint density at radius 2 is 1.86 bits per heavy atom. The third-order valence-electron chi connectivity index (χ3n) is 4.39. The van der Waals surface area contributed by atoms with Gasteiger partial charge in [-0.1, -0.05) is 17.7 Å². The fourth-order valence-corrected chi connectivity index (χ4v) is 3.96. The number of carbonyl (C=O) groups is 2. The Labute approximate surface area is 173 Å². The summed E-state index contributed by atoms with van der Waals surface area (Å²) in [6.45, 7) is 7.73. The zero-order chi connectivity index (χ0) is 21.7. The Hall–Kier alpha value is -1.97. The summed E-state index contributed by atoms with van der Waals surface area (Å²) in [5.41, 5.74) is 0.510. The molecule has 9 heteroatoms. The first kappa shape index (κ1) is 23.3. The monoisotopic (exact) mass is 425 g/mol. The van der Waals surface area contributed by atoms with Crippen molar-refractivity contribution in [2.24, 2.45) is 0 Å². The van der Waals surface area contributed by atoms with E-state index in [1.807, 2.05) is 27.7 Å². The van der Waals surface area contributed by atoms with Crippen LogP contribution in [0.1, 0.15) is 39.2 Å². The van der Waals surface area contributed by atoms with Crippen LogP contribution in [0.15, 0.2) is 29.2 Å². The van der Waals surface area contributed by atoms with Gasteiger partial charge in [0.05, 0.1) is 24.1 Å². The van der Waals surface area contributed by atoms with Gasteiger partial charge in [0, 0.05) is 18.7 Å². The maximum absolute atomic E-state index is 12.7. The van der Waals surface area contributed by atoms with Crippen molar-refractivity contribution in [3.63, 3.8) is 0 Å². The Bertz CT molecular complexity index is 810. The molecule has 29 heavy (non-hydrogen) atoms. The minimum atomic E-state index is -3.82. The van der Waals surface area contributed by atoms with E-state index >= 15 is 0 Å². The minimum Gasteiger partial charge on any atom is -0.376 e. The van der Waals surface area contributed by atoms with Gasteiger partial charge in [-0.2, -0.15) is 0 Å². The third-order valence-corrected chi connectivity index (χ3v) is 5.81. The Morgan fingerprint density at radius 1 is 1.21 bits per heavy atom. The van der Waals surface area contributed by atoms with Crippen LogP contribution in [0, 0.1) is 6.92 Å². The summed E-state index contributed by atoms with van der Waals surface area (Å²) in [5, 5.41) is 2.82. The molecule has 1 heterocycles. The average molecular weight is 426 g/mol. The highest BCUT2D eigenvalue weighted by Crippen LogP contribution is 2.14. The first-order valence-corrected chi connectivity index (χ1v) is 11.2. The average Bonchev–Trinajstić information content (AvgIpc) is 3.11. The van der Waals surface area contributed by atoms with Crippen molar-refractivity contribution in [2.45, 2.75) is 57.1 Å². The molecular formula is C20H31N3O5S. The lowest BCUT2D eigenvalue weighted by Gasteiger charge is -2.27. The molecular weight excluding hydrogens is 394 g/mol. The molecule has 1 saturated heterocycles. The van der Waals surface area contributed by atoms with Crippen LogP contribution in [0.25, 0.3) is 0 Å². The van der Waals surface area contributed by atoms with E-state index in [0.717, 1.165) is 18.4 Å². The van der Waals surface area contributed by atoms with Gasteiger partial charge in [0.1, 0.15) is 0 Å². The van der Waals surface area contributed by atoms with Crippen LogP contribution in [0.5, 0.6) is 0 Å². The normalized spacial score (nSPS) is 17.2. The molecule has 1 aliphatic heterocycles. The molecule has 0 saturated carbocycles. The fourth-order valence-electron chi connectivity index (χ4n) is 2.99. The zero-order valence-corrected chi connectivity index (χ0v) is 18.3. The number of carbonyl (C=O) groups excluding carboxylic acids is 2. The first-order valence-electron chi connectivity index (χ1n) is 9.73. The van der Waals surface area contributed by atoms with Gasteiger partial charge in [-0.25, -0.2) is 13.1 Å². The van der Waals surface area contributed by atoms with E-state index in [0.29, 0.717) is 6.61 Å². The van der Waals surface area contributed by atoms with Crippen LogP contribution in [-0.4, -0.2) is 63.0 Å². The highest BCUT2D eigenvalue weighted by molar-refractivity contribution is 7.89. The maximum atomic E-state index is 12.7. The summed E-state index contributed by atoms with van der Waals surface area (Å²) in [4.78, 5) is 26.5. The van der Waals surface area contributed by atoms with E-state index in [1.165, 1.54) is 17.0 Å². The quantitative estimate of drug-likeness (QED) is 0.651. The van der Waals surface area contributed by atoms with Crippen LogP contribution >= 0.6 is 0 Å². The summed E-state index contributed by atoms with van der Waals surface area (Å²) in [6, 6.07) is 6.36. The van der Waals surface area contributed by atoms with E-state index in [4.69, 9.17) is 4.74 Å². The van der Waals surface area contributed by atoms with Crippen LogP contribution in [0.3, 0.4) is 0 Å². The summed E-state index contributed by atoms with van der Waals surface area (Å²) < 4.78 is 32.8. The zero-order valence-electron chi connectivity index (χ0n) is 17.5. The van der Waals surface area contributed by atoms with Gasteiger partial charge in [-0.3, -0.25) is 9.59 Å². The van der Waals surface area contributed by atoms with Crippen LogP contribution in [0.2, 0.25) is 0 Å². The van der Waals surface area contributed by atoms with E-state index in [1.54, 1.807) is 12.1 Å². The van der Waals surface area contributed by atoms with Crippen LogP contribution in [-0.2, 0) is 24.3 Å². The molecule has 1 atom stereocenters. The molecule has 1 aromatic carbocycles. The molecule has 1 fully saturated rings. The SMILES string of the molecule is Cc1ccc(S(=O)(=O)NCC(=O)N(CC(=O)NC(C)(C)C)C[C@H]2CCCO2)cc1. The van der Waals surface area contributed by atoms with Crippen molar-refractivity contribution < 1.29 is 22.7 Å². The van der Waals surface area contributed by atoms with Crippen molar-refractivity contribution in [3.05, 3.63) is 29.8 Å². The number of ether oxygens (including phenoxy) is 1. The minimum absolute atomic E-state index is 0.0899. The number of amides is 2. The van der Waals surface area contributed by atoms with E-state index in [2.05, 4.69) is 10.0 Å². The second-order valence-electron chi connectivity index (χ2n) is 8.35. The second-order valence-corrected chi connectivity index (χ2v) is 10.1. The number of nitrogens with one attached hydrogen (secondary N) is 2. The van der Waals surface area contributed by atoms with Gasteiger partial charge >= 0.3 is 0 Å². The summed E-state index contributed by atoms with van der Waals surface area (Å²) in [7, 11) is -3.82. The predicted molar refractivity (Wildman–Crippen MR) is 110 cm³/mol. The second kappa shape index (κ2) is 9.69. The lowest BCUT2D eigenvalue weighted by molar-refractivity contribution is -0.137. The number of hydrogen-bond acceptors (Lipinski definition) is 5. The van der Waals surface area contributed by atoms with Crippen molar-refractivity contribution in [2.75, 3.05) is 26.2 Å². The van der Waals surface area contributed by atoms with E-state index in [9.17, 15) is 18.0 Å². The van der Waals surface area contributed by atoms with Crippen LogP contribution < -0.4 is 10.0 Å². The maximum Gasteiger partial charge on any atom is 0.241 e. The predicted octanol–water partition coefficient (Wildman–Crippen LogP) is 1.20. The summed E-state index contributed by atoms with van der Waals surface area (Å²) >= 11 is 0. The van der Waals surface area contributed by atoms with E-state index in [-0.39, 0.29) is 30.0 Å². The highest BCUT2D eigenvalue weighted by atomic mass is 32.2. The third kappa shape index (κ3) is 7.75. The molecule has 2 amide bonds. The fraction of sp³-hybridized carbons (Fsp3) is 0.600. The van der Waals surface area contributed by atoms with Gasteiger partial charge < -0.3 is 15.0 Å². The molecule has 0 spiro atoms. The number of hydrogen-bond donors (Lipinski definition) is 2. The summed E-state index contributed by atoms with van der Waals surface area (Å²) in [6.07, 6.45) is 1.57. The number of benzene rings is 1. The lowest BCUT2D eigenvalue weighted by atomic mass is 10.1. The Kier molecular flexibility index (Phi) is 7.79. The molecule has 162 valence electrons. The van der Waals surface area contributed by atoms with Gasteiger partial charge in [-0.15, -0.1) is 0 Å². The number of rotatable bonds is 8. The largest absolute Gasteiger partial charge is 0.376 e. The molecule has 0 aliphatic carbocycles. The number of aryl methyl sites for hydroxylation is 1. The molecule has 0 aromatic heterocycles. The van der Waals surface area contributed by atoms with Crippen molar-refractivity contribution >= 4 is 21.8 Å². The Balaban J connectivity index is 2.03. The smallest absolute Gasteiger partial charge is 0.241 e. The number of nitrogens with zero attached hydrogens (tertiary/aromatic N) is 1. The lowest BCUT2D eigenvalue weighted by Crippen LogP contribution is -2.50. The summed E-state index contributed by atoms with van der Waals surface area (Å²) in [5.74, 6) is -0.773. The highest BCUT2D eigenvalue weighted by Gasteiger charge is 2.26. The molecule has 0 unspecified atom stereocenters. The van der Waals surface area contributed by atoms with E-state index < -0.39 is 28.0 Å². The molecule has 8 nitrogen and oxygen atoms in total. The molecule has 0 radical (unpaired) electrons. The first-order chi connectivity index (χ1) is 13.5. The van der Waals surface area contributed by atoms with Crippen molar-refractivity contribution in [1.29, 1.82) is 0 Å². The molecule has 1 aromatic rings. The van der Waals surface area contributed by atoms with Gasteiger partial charge in [0.25, 0.3) is 0 Å². The number of sulfonamides is 1. The van der Waals surface area contributed by atoms with Gasteiger partial charge in [0.2, 0.25) is 21.8 Å². The Morgan fingerprint density at radius 3 is 2.41 bits per heavy atom. The molecule has 2 N–H and O–H groups in total. The molecule has 0 bridgehead atoms. The van der Waals surface area contributed by atoms with Gasteiger partial charge in [-0.05, 0) is 52.7 Å².